The molecule has 0 heterocycles. The highest BCUT2D eigenvalue weighted by Crippen LogP contribution is 2.26. The quantitative estimate of drug-likeness (QED) is 0.468. The molecule has 2 aromatic carbocycles. The van der Waals surface area contributed by atoms with Crippen LogP contribution in [0.5, 0.6) is 0 Å². The van der Waals surface area contributed by atoms with Crippen molar-refractivity contribution in [3.8, 4) is 12.0 Å². The van der Waals surface area contributed by atoms with E-state index >= 15 is 0 Å². The number of para-hydroxylation sites is 1. The molecule has 0 aromatic heterocycles. The maximum atomic E-state index is 12.5. The van der Waals surface area contributed by atoms with Gasteiger partial charge in [-0.05, 0) is 66.5 Å². The Morgan fingerprint density at radius 3 is 2.36 bits per heavy atom. The minimum atomic E-state index is -0.599. The van der Waals surface area contributed by atoms with Gasteiger partial charge in [0.25, 0.3) is 0 Å². The van der Waals surface area contributed by atoms with Gasteiger partial charge in [0.1, 0.15) is 5.60 Å². The lowest BCUT2D eigenvalue weighted by atomic mass is 10.2. The average molecular weight is 398 g/mol. The molecule has 0 saturated heterocycles. The molecule has 0 atom stereocenters. The zero-order chi connectivity index (χ0) is 18.3. The normalized spacial score (nSPS) is 10.9. The number of rotatable bonds is 2. The van der Waals surface area contributed by atoms with Crippen LogP contribution >= 0.6 is 15.9 Å². The summed E-state index contributed by atoms with van der Waals surface area (Å²) >= 11 is 3.46. The molecule has 0 saturated carbocycles. The SMILES string of the molecule is CC(C)(C)OC(=O)N(C#C/C=C/c1ccccc1)c1ccccc1Br. The van der Waals surface area contributed by atoms with Gasteiger partial charge in [0.2, 0.25) is 0 Å². The highest BCUT2D eigenvalue weighted by molar-refractivity contribution is 9.10. The number of ether oxygens (including phenoxy) is 1. The van der Waals surface area contributed by atoms with Gasteiger partial charge >= 0.3 is 6.09 Å². The summed E-state index contributed by atoms with van der Waals surface area (Å²) < 4.78 is 6.23. The molecule has 1 amide bonds. The molecule has 0 unspecified atom stereocenters. The van der Waals surface area contributed by atoms with Crippen molar-refractivity contribution in [3.05, 3.63) is 70.7 Å². The first-order valence-electron chi connectivity index (χ1n) is 7.87. The summed E-state index contributed by atoms with van der Waals surface area (Å²) in [5.41, 5.74) is 1.08. The molecule has 2 rings (SSSR count). The summed E-state index contributed by atoms with van der Waals surface area (Å²) in [7, 11) is 0. The summed E-state index contributed by atoms with van der Waals surface area (Å²) in [4.78, 5) is 13.8. The predicted octanol–water partition coefficient (Wildman–Crippen LogP) is 5.86. The van der Waals surface area contributed by atoms with E-state index in [2.05, 4.69) is 27.9 Å². The Balaban J connectivity index is 2.27. The Kier molecular flexibility index (Phi) is 6.44. The molecule has 0 N–H and O–H groups in total. The Labute approximate surface area is 157 Å². The summed E-state index contributed by atoms with van der Waals surface area (Å²) in [6.07, 6.45) is 3.09. The lowest BCUT2D eigenvalue weighted by Crippen LogP contribution is -2.34. The van der Waals surface area contributed by atoms with Gasteiger partial charge in [-0.25, -0.2) is 9.69 Å². The van der Waals surface area contributed by atoms with E-state index in [0.717, 1.165) is 10.0 Å². The molecule has 25 heavy (non-hydrogen) atoms. The third kappa shape index (κ3) is 6.13. The first-order chi connectivity index (χ1) is 11.9. The number of carbonyl (C=O) groups is 1. The maximum Gasteiger partial charge on any atom is 0.426 e. The average Bonchev–Trinajstić information content (AvgIpc) is 2.55. The number of amides is 1. The minimum Gasteiger partial charge on any atom is -0.443 e. The summed E-state index contributed by atoms with van der Waals surface area (Å²) in [6, 6.07) is 20.1. The number of allylic oxidation sites excluding steroid dienone is 1. The number of nitrogens with zero attached hydrogens (tertiary/aromatic N) is 1. The van der Waals surface area contributed by atoms with Gasteiger partial charge in [-0.15, -0.1) is 0 Å². The fourth-order valence-corrected chi connectivity index (χ4v) is 2.41. The number of benzene rings is 2. The van der Waals surface area contributed by atoms with Crippen LogP contribution in [0.4, 0.5) is 10.5 Å². The molecule has 128 valence electrons. The third-order valence-corrected chi connectivity index (χ3v) is 3.68. The first kappa shape index (κ1) is 18.8. The fraction of sp³-hybridized carbons (Fsp3) is 0.190. The zero-order valence-corrected chi connectivity index (χ0v) is 16.1. The van der Waals surface area contributed by atoms with Gasteiger partial charge in [-0.3, -0.25) is 0 Å². The van der Waals surface area contributed by atoms with Gasteiger partial charge in [0.15, 0.2) is 0 Å². The smallest absolute Gasteiger partial charge is 0.426 e. The van der Waals surface area contributed by atoms with Crippen LogP contribution in [-0.4, -0.2) is 11.7 Å². The lowest BCUT2D eigenvalue weighted by Gasteiger charge is -2.24. The largest absolute Gasteiger partial charge is 0.443 e. The van der Waals surface area contributed by atoms with E-state index in [4.69, 9.17) is 4.74 Å². The molecule has 0 radical (unpaired) electrons. The van der Waals surface area contributed by atoms with E-state index in [1.165, 1.54) is 4.90 Å². The van der Waals surface area contributed by atoms with E-state index in [1.807, 2.05) is 81.4 Å². The van der Waals surface area contributed by atoms with Crippen LogP contribution in [0.3, 0.4) is 0 Å². The fourth-order valence-electron chi connectivity index (χ4n) is 1.95. The van der Waals surface area contributed by atoms with Crippen molar-refractivity contribution in [1.29, 1.82) is 0 Å². The first-order valence-corrected chi connectivity index (χ1v) is 8.66. The molecule has 4 heteroatoms. The van der Waals surface area contributed by atoms with Crippen molar-refractivity contribution < 1.29 is 9.53 Å². The van der Waals surface area contributed by atoms with Crippen molar-refractivity contribution >= 4 is 33.8 Å². The molecule has 3 nitrogen and oxygen atoms in total. The van der Waals surface area contributed by atoms with Crippen LogP contribution in [0.2, 0.25) is 0 Å². The van der Waals surface area contributed by atoms with E-state index in [0.29, 0.717) is 5.69 Å². The second kappa shape index (κ2) is 8.55. The number of carbonyl (C=O) groups excluding carboxylic acids is 1. The summed E-state index contributed by atoms with van der Waals surface area (Å²) in [6.45, 7) is 5.48. The molecule has 0 bridgehead atoms. The molecule has 0 spiro atoms. The second-order valence-corrected chi connectivity index (χ2v) is 7.12. The Morgan fingerprint density at radius 2 is 1.72 bits per heavy atom. The van der Waals surface area contributed by atoms with Gasteiger partial charge in [-0.1, -0.05) is 48.4 Å². The van der Waals surface area contributed by atoms with Crippen LogP contribution in [0.25, 0.3) is 6.08 Å². The van der Waals surface area contributed by atoms with Crippen molar-refractivity contribution in [2.24, 2.45) is 0 Å². The Hall–Kier alpha value is -2.51. The zero-order valence-electron chi connectivity index (χ0n) is 14.5. The molecule has 0 fully saturated rings. The van der Waals surface area contributed by atoms with Crippen LogP contribution in [0, 0.1) is 12.0 Å². The van der Waals surface area contributed by atoms with E-state index in [9.17, 15) is 4.79 Å². The Bertz CT molecular complexity index is 811. The van der Waals surface area contributed by atoms with Crippen LogP contribution < -0.4 is 4.90 Å². The number of hydrogen-bond acceptors (Lipinski definition) is 2. The number of hydrogen-bond donors (Lipinski definition) is 0. The molecule has 0 aliphatic heterocycles. The molecular weight excluding hydrogens is 378 g/mol. The highest BCUT2D eigenvalue weighted by Gasteiger charge is 2.23. The van der Waals surface area contributed by atoms with Gasteiger partial charge in [0, 0.05) is 10.5 Å². The van der Waals surface area contributed by atoms with Crippen LogP contribution in [0.15, 0.2) is 65.1 Å². The molecule has 0 aliphatic carbocycles. The van der Waals surface area contributed by atoms with Crippen molar-refractivity contribution in [2.75, 3.05) is 4.90 Å². The van der Waals surface area contributed by atoms with E-state index in [1.54, 1.807) is 6.08 Å². The monoisotopic (exact) mass is 397 g/mol. The van der Waals surface area contributed by atoms with Gasteiger partial charge in [0.05, 0.1) is 5.69 Å². The maximum absolute atomic E-state index is 12.5. The van der Waals surface area contributed by atoms with Crippen molar-refractivity contribution in [2.45, 2.75) is 26.4 Å². The van der Waals surface area contributed by atoms with E-state index < -0.39 is 11.7 Å². The van der Waals surface area contributed by atoms with Crippen molar-refractivity contribution in [1.82, 2.24) is 0 Å². The predicted molar refractivity (Wildman–Crippen MR) is 106 cm³/mol. The molecular formula is C21H20BrNO2. The van der Waals surface area contributed by atoms with E-state index in [-0.39, 0.29) is 0 Å². The van der Waals surface area contributed by atoms with Crippen LogP contribution in [-0.2, 0) is 4.74 Å². The lowest BCUT2D eigenvalue weighted by molar-refractivity contribution is 0.0600. The summed E-state index contributed by atoms with van der Waals surface area (Å²) in [5, 5.41) is 0. The number of halogens is 1. The van der Waals surface area contributed by atoms with Crippen molar-refractivity contribution in [3.63, 3.8) is 0 Å². The Morgan fingerprint density at radius 1 is 1.08 bits per heavy atom. The summed E-state index contributed by atoms with van der Waals surface area (Å²) in [5.74, 6) is 2.90. The van der Waals surface area contributed by atoms with Gasteiger partial charge in [-0.2, -0.15) is 0 Å². The minimum absolute atomic E-state index is 0.514. The molecule has 2 aromatic rings. The molecule has 0 aliphatic rings. The standard InChI is InChI=1S/C21H20BrNO2/c1-21(2,3)25-20(24)23(19-15-8-7-14-18(19)22)16-10-9-13-17-11-5-4-6-12-17/h4-9,11-15H,1-3H3/b13-9+. The topological polar surface area (TPSA) is 29.5 Å². The van der Waals surface area contributed by atoms with Gasteiger partial charge < -0.3 is 4.74 Å². The van der Waals surface area contributed by atoms with Crippen LogP contribution in [0.1, 0.15) is 26.3 Å². The second-order valence-electron chi connectivity index (χ2n) is 6.27. The number of anilines is 1. The third-order valence-electron chi connectivity index (χ3n) is 3.00. The highest BCUT2D eigenvalue weighted by atomic mass is 79.9.